The Balaban J connectivity index is 1.86. The lowest BCUT2D eigenvalue weighted by Gasteiger charge is -2.29. The molecule has 19 heavy (non-hydrogen) atoms. The van der Waals surface area contributed by atoms with Crippen molar-refractivity contribution in [3.63, 3.8) is 0 Å². The molecule has 0 saturated carbocycles. The third kappa shape index (κ3) is 3.97. The second kappa shape index (κ2) is 6.95. The summed E-state index contributed by atoms with van der Waals surface area (Å²) < 4.78 is 0. The van der Waals surface area contributed by atoms with Gasteiger partial charge in [-0.1, -0.05) is 38.0 Å². The summed E-state index contributed by atoms with van der Waals surface area (Å²) >= 11 is 0. The van der Waals surface area contributed by atoms with E-state index < -0.39 is 0 Å². The molecular formula is C17H28N2. The second-order valence-corrected chi connectivity index (χ2v) is 6.00. The van der Waals surface area contributed by atoms with Crippen LogP contribution in [0.2, 0.25) is 0 Å². The average Bonchev–Trinajstić information content (AvgIpc) is 2.80. The van der Waals surface area contributed by atoms with Crippen molar-refractivity contribution in [2.75, 3.05) is 18.4 Å². The van der Waals surface area contributed by atoms with Gasteiger partial charge in [-0.05, 0) is 44.9 Å². The highest BCUT2D eigenvalue weighted by Crippen LogP contribution is 2.25. The Morgan fingerprint density at radius 1 is 1.26 bits per heavy atom. The van der Waals surface area contributed by atoms with E-state index in [1.165, 1.54) is 43.5 Å². The fraction of sp³-hybridized carbons (Fsp3) is 0.647. The normalized spacial score (nSPS) is 17.8. The number of nitrogens with one attached hydrogen (secondary N) is 1. The van der Waals surface area contributed by atoms with Gasteiger partial charge in [0.1, 0.15) is 0 Å². The van der Waals surface area contributed by atoms with Crippen LogP contribution in [0.1, 0.15) is 45.6 Å². The zero-order valence-electron chi connectivity index (χ0n) is 12.7. The van der Waals surface area contributed by atoms with Gasteiger partial charge < -0.3 is 5.32 Å². The first kappa shape index (κ1) is 14.4. The van der Waals surface area contributed by atoms with Crippen LogP contribution in [0.5, 0.6) is 0 Å². The molecule has 0 aliphatic carbocycles. The van der Waals surface area contributed by atoms with Gasteiger partial charge in [0.2, 0.25) is 0 Å². The monoisotopic (exact) mass is 260 g/mol. The van der Waals surface area contributed by atoms with Gasteiger partial charge in [0.25, 0.3) is 0 Å². The Morgan fingerprint density at radius 2 is 2.05 bits per heavy atom. The summed E-state index contributed by atoms with van der Waals surface area (Å²) in [6.07, 6.45) is 5.15. The quantitative estimate of drug-likeness (QED) is 0.747. The lowest BCUT2D eigenvalue weighted by molar-refractivity contribution is 0.209. The van der Waals surface area contributed by atoms with E-state index in [4.69, 9.17) is 0 Å². The highest BCUT2D eigenvalue weighted by atomic mass is 15.2. The fourth-order valence-electron chi connectivity index (χ4n) is 2.89. The van der Waals surface area contributed by atoms with Crippen molar-refractivity contribution in [2.45, 2.75) is 58.5 Å². The molecule has 0 fully saturated rings. The number of nitrogens with zero attached hydrogens (tertiary/aromatic N) is 1. The number of unbranched alkanes of at least 4 members (excludes halogenated alkanes) is 2. The number of hydrogen-bond donors (Lipinski definition) is 1. The fourth-order valence-corrected chi connectivity index (χ4v) is 2.89. The van der Waals surface area contributed by atoms with Gasteiger partial charge in [0.05, 0.1) is 0 Å². The minimum Gasteiger partial charge on any atom is -0.380 e. The third-order valence-corrected chi connectivity index (χ3v) is 4.08. The lowest BCUT2D eigenvalue weighted by atomic mass is 10.1. The van der Waals surface area contributed by atoms with Crippen LogP contribution in [-0.4, -0.2) is 30.1 Å². The van der Waals surface area contributed by atoms with Gasteiger partial charge in [-0.25, -0.2) is 0 Å². The van der Waals surface area contributed by atoms with E-state index in [2.05, 4.69) is 55.3 Å². The smallest absolute Gasteiger partial charge is 0.0429 e. The molecule has 2 heteroatoms. The summed E-state index contributed by atoms with van der Waals surface area (Å²) in [6.45, 7) is 9.30. The first-order chi connectivity index (χ1) is 9.20. The topological polar surface area (TPSA) is 15.3 Å². The maximum Gasteiger partial charge on any atom is 0.0429 e. The van der Waals surface area contributed by atoms with Crippen LogP contribution in [0, 0.1) is 0 Å². The zero-order valence-corrected chi connectivity index (χ0v) is 12.7. The predicted octanol–water partition coefficient (Wildman–Crippen LogP) is 3.92. The first-order valence-electron chi connectivity index (χ1n) is 7.79. The summed E-state index contributed by atoms with van der Waals surface area (Å²) in [6, 6.07) is 9.94. The zero-order chi connectivity index (χ0) is 13.7. The molecule has 106 valence electrons. The average molecular weight is 260 g/mol. The molecule has 1 aromatic rings. The number of para-hydroxylation sites is 1. The van der Waals surface area contributed by atoms with Crippen molar-refractivity contribution in [2.24, 2.45) is 0 Å². The number of rotatable bonds is 7. The molecule has 1 aromatic carbocycles. The summed E-state index contributed by atoms with van der Waals surface area (Å²) in [5, 5.41) is 3.67. The van der Waals surface area contributed by atoms with Crippen molar-refractivity contribution in [1.29, 1.82) is 0 Å². The summed E-state index contributed by atoms with van der Waals surface area (Å²) in [5.74, 6) is 0. The van der Waals surface area contributed by atoms with Crippen LogP contribution in [0.15, 0.2) is 24.3 Å². The summed E-state index contributed by atoms with van der Waals surface area (Å²) in [5.41, 5.74) is 2.81. The Labute approximate surface area is 118 Å². The maximum absolute atomic E-state index is 3.67. The van der Waals surface area contributed by atoms with E-state index in [1.807, 2.05) is 0 Å². The molecule has 0 spiro atoms. The number of anilines is 1. The van der Waals surface area contributed by atoms with Gasteiger partial charge in [0, 0.05) is 24.3 Å². The van der Waals surface area contributed by atoms with E-state index in [0.29, 0.717) is 12.1 Å². The maximum atomic E-state index is 3.67. The molecule has 1 aliphatic heterocycles. The first-order valence-corrected chi connectivity index (χ1v) is 7.79. The van der Waals surface area contributed by atoms with E-state index >= 15 is 0 Å². The minimum atomic E-state index is 0.585. The molecule has 0 radical (unpaired) electrons. The Kier molecular flexibility index (Phi) is 5.26. The van der Waals surface area contributed by atoms with Crippen LogP contribution >= 0.6 is 0 Å². The molecule has 1 heterocycles. The standard InChI is InChI=1S/C17H28N2/c1-4-5-8-11-19(14(2)3)13-16-12-15-9-6-7-10-17(15)18-16/h6-7,9-10,14,16,18H,4-5,8,11-13H2,1-3H3. The van der Waals surface area contributed by atoms with E-state index in [0.717, 1.165) is 6.54 Å². The van der Waals surface area contributed by atoms with E-state index in [-0.39, 0.29) is 0 Å². The number of hydrogen-bond acceptors (Lipinski definition) is 2. The van der Waals surface area contributed by atoms with Gasteiger partial charge in [-0.3, -0.25) is 4.90 Å². The van der Waals surface area contributed by atoms with Gasteiger partial charge >= 0.3 is 0 Å². The van der Waals surface area contributed by atoms with Crippen molar-refractivity contribution >= 4 is 5.69 Å². The summed E-state index contributed by atoms with van der Waals surface area (Å²) in [7, 11) is 0. The molecule has 1 atom stereocenters. The minimum absolute atomic E-state index is 0.585. The van der Waals surface area contributed by atoms with Crippen LogP contribution in [0.25, 0.3) is 0 Å². The molecule has 2 rings (SSSR count). The molecule has 0 saturated heterocycles. The van der Waals surface area contributed by atoms with Crippen molar-refractivity contribution in [3.05, 3.63) is 29.8 Å². The second-order valence-electron chi connectivity index (χ2n) is 6.00. The molecule has 0 amide bonds. The van der Waals surface area contributed by atoms with Gasteiger partial charge in [-0.2, -0.15) is 0 Å². The van der Waals surface area contributed by atoms with Crippen LogP contribution < -0.4 is 5.32 Å². The largest absolute Gasteiger partial charge is 0.380 e. The third-order valence-electron chi connectivity index (χ3n) is 4.08. The highest BCUT2D eigenvalue weighted by molar-refractivity contribution is 5.56. The van der Waals surface area contributed by atoms with Crippen LogP contribution in [0.4, 0.5) is 5.69 Å². The molecule has 1 aliphatic rings. The van der Waals surface area contributed by atoms with E-state index in [1.54, 1.807) is 0 Å². The molecule has 0 aromatic heterocycles. The number of benzene rings is 1. The van der Waals surface area contributed by atoms with Crippen molar-refractivity contribution in [3.8, 4) is 0 Å². The van der Waals surface area contributed by atoms with Crippen molar-refractivity contribution < 1.29 is 0 Å². The number of fused-ring (bicyclic) bond motifs is 1. The van der Waals surface area contributed by atoms with Gasteiger partial charge in [-0.15, -0.1) is 0 Å². The lowest BCUT2D eigenvalue weighted by Crippen LogP contribution is -2.40. The van der Waals surface area contributed by atoms with E-state index in [9.17, 15) is 0 Å². The molecular weight excluding hydrogens is 232 g/mol. The Bertz CT molecular complexity index is 362. The molecule has 2 nitrogen and oxygen atoms in total. The SMILES string of the molecule is CCCCCN(CC1Cc2ccccc2N1)C(C)C. The summed E-state index contributed by atoms with van der Waals surface area (Å²) in [4.78, 5) is 2.62. The molecule has 0 bridgehead atoms. The Hall–Kier alpha value is -1.02. The predicted molar refractivity (Wildman–Crippen MR) is 83.8 cm³/mol. The molecule has 1 unspecified atom stereocenters. The van der Waals surface area contributed by atoms with Gasteiger partial charge in [0.15, 0.2) is 0 Å². The molecule has 1 N–H and O–H groups in total. The Morgan fingerprint density at radius 3 is 2.74 bits per heavy atom. The van der Waals surface area contributed by atoms with Crippen LogP contribution in [-0.2, 0) is 6.42 Å². The van der Waals surface area contributed by atoms with Crippen LogP contribution in [0.3, 0.4) is 0 Å². The highest BCUT2D eigenvalue weighted by Gasteiger charge is 2.23. The van der Waals surface area contributed by atoms with Crippen molar-refractivity contribution in [1.82, 2.24) is 4.90 Å².